The molecular weight excluding hydrogens is 525 g/mol. The van der Waals surface area contributed by atoms with Crippen LogP contribution in [0.4, 0.5) is 14.9 Å². The summed E-state index contributed by atoms with van der Waals surface area (Å²) in [6, 6.07) is 17.8. The van der Waals surface area contributed by atoms with E-state index in [9.17, 15) is 22.4 Å². The van der Waals surface area contributed by atoms with Crippen LogP contribution in [0.25, 0.3) is 0 Å². The van der Waals surface area contributed by atoms with Crippen molar-refractivity contribution in [2.24, 2.45) is 0 Å². The number of nitriles is 1. The Kier molecular flexibility index (Phi) is 8.43. The molecule has 1 aliphatic rings. The number of halogens is 1. The van der Waals surface area contributed by atoms with Crippen molar-refractivity contribution >= 4 is 27.6 Å². The van der Waals surface area contributed by atoms with Gasteiger partial charge in [0.25, 0.3) is 0 Å². The molecule has 1 atom stereocenters. The lowest BCUT2D eigenvalue weighted by Crippen LogP contribution is -2.61. The lowest BCUT2D eigenvalue weighted by Gasteiger charge is -2.39. The van der Waals surface area contributed by atoms with Gasteiger partial charge in [0.1, 0.15) is 17.6 Å². The van der Waals surface area contributed by atoms with Gasteiger partial charge in [-0.3, -0.25) is 4.79 Å². The van der Waals surface area contributed by atoms with Gasteiger partial charge < -0.3 is 20.3 Å². The SMILES string of the molecule is COc1cccc(CNC(=O)C2CN(C(=O)Nc3ccc(F)cc3)CCN2S(=O)(=O)c2ccc(C#N)cc2)c1. The Balaban J connectivity index is 1.56. The highest BCUT2D eigenvalue weighted by Gasteiger charge is 2.41. The third-order valence-electron chi connectivity index (χ3n) is 6.21. The lowest BCUT2D eigenvalue weighted by molar-refractivity contribution is -0.126. The Hall–Kier alpha value is -4.47. The van der Waals surface area contributed by atoms with Gasteiger partial charge in [-0.2, -0.15) is 9.57 Å². The predicted molar refractivity (Wildman–Crippen MR) is 141 cm³/mol. The van der Waals surface area contributed by atoms with Gasteiger partial charge in [-0.05, 0) is 66.2 Å². The first-order valence-corrected chi connectivity index (χ1v) is 13.4. The minimum atomic E-state index is -4.14. The maximum absolute atomic E-state index is 13.6. The zero-order valence-electron chi connectivity index (χ0n) is 21.0. The molecule has 1 saturated heterocycles. The normalized spacial score (nSPS) is 15.7. The van der Waals surface area contributed by atoms with Crippen molar-refractivity contribution in [2.45, 2.75) is 17.5 Å². The molecule has 0 bridgehead atoms. The van der Waals surface area contributed by atoms with E-state index in [0.29, 0.717) is 17.0 Å². The molecule has 3 aromatic rings. The van der Waals surface area contributed by atoms with Crippen molar-refractivity contribution in [3.05, 3.63) is 89.7 Å². The maximum Gasteiger partial charge on any atom is 0.321 e. The van der Waals surface area contributed by atoms with Crippen molar-refractivity contribution in [1.82, 2.24) is 14.5 Å². The third-order valence-corrected chi connectivity index (χ3v) is 8.13. The molecule has 39 heavy (non-hydrogen) atoms. The largest absolute Gasteiger partial charge is 0.497 e. The van der Waals surface area contributed by atoms with Gasteiger partial charge in [0.15, 0.2) is 0 Å². The molecule has 1 heterocycles. The second-order valence-electron chi connectivity index (χ2n) is 8.72. The Morgan fingerprint density at radius 1 is 1.08 bits per heavy atom. The number of anilines is 1. The van der Waals surface area contributed by atoms with E-state index in [2.05, 4.69) is 10.6 Å². The Morgan fingerprint density at radius 3 is 2.46 bits per heavy atom. The van der Waals surface area contributed by atoms with Crippen LogP contribution in [0.2, 0.25) is 0 Å². The second-order valence-corrected chi connectivity index (χ2v) is 10.6. The lowest BCUT2D eigenvalue weighted by atomic mass is 10.1. The van der Waals surface area contributed by atoms with E-state index in [-0.39, 0.29) is 31.1 Å². The first-order chi connectivity index (χ1) is 18.7. The molecule has 0 spiro atoms. The van der Waals surface area contributed by atoms with Crippen LogP contribution in [-0.4, -0.2) is 62.3 Å². The molecule has 0 aromatic heterocycles. The molecule has 1 aliphatic heterocycles. The monoisotopic (exact) mass is 551 g/mol. The molecule has 2 N–H and O–H groups in total. The number of nitrogens with one attached hydrogen (secondary N) is 2. The third kappa shape index (κ3) is 6.51. The van der Waals surface area contributed by atoms with Gasteiger partial charge >= 0.3 is 6.03 Å². The highest BCUT2D eigenvalue weighted by molar-refractivity contribution is 7.89. The number of hydrogen-bond donors (Lipinski definition) is 2. The number of amides is 3. The molecule has 0 radical (unpaired) electrons. The standard InChI is InChI=1S/C27H26FN5O5S/c1-38-23-4-2-3-20(15-23)17-30-26(34)25-18-32(27(35)31-22-9-7-21(28)8-10-22)13-14-33(25)39(36,37)24-11-5-19(16-29)6-12-24/h2-12,15,25H,13-14,17-18H2,1H3,(H,30,34)(H,31,35). The molecule has 4 rings (SSSR count). The van der Waals surface area contributed by atoms with Gasteiger partial charge in [0.2, 0.25) is 15.9 Å². The average molecular weight is 552 g/mol. The molecule has 3 amide bonds. The summed E-state index contributed by atoms with van der Waals surface area (Å²) in [6.07, 6.45) is 0. The summed E-state index contributed by atoms with van der Waals surface area (Å²) in [4.78, 5) is 27.6. The molecule has 1 fully saturated rings. The number of rotatable bonds is 7. The van der Waals surface area contributed by atoms with E-state index in [4.69, 9.17) is 10.00 Å². The van der Waals surface area contributed by atoms with Gasteiger partial charge in [0.05, 0.1) is 23.6 Å². The van der Waals surface area contributed by atoms with Crippen molar-refractivity contribution in [1.29, 1.82) is 5.26 Å². The fraction of sp³-hybridized carbons (Fsp3) is 0.222. The zero-order valence-corrected chi connectivity index (χ0v) is 21.8. The summed E-state index contributed by atoms with van der Waals surface area (Å²) in [5.74, 6) is -0.440. The topological polar surface area (TPSA) is 132 Å². The number of urea groups is 1. The Morgan fingerprint density at radius 2 is 1.79 bits per heavy atom. The number of benzene rings is 3. The summed E-state index contributed by atoms with van der Waals surface area (Å²) in [7, 11) is -2.62. The van der Waals surface area contributed by atoms with Gasteiger partial charge in [-0.15, -0.1) is 0 Å². The molecule has 3 aromatic carbocycles. The summed E-state index contributed by atoms with van der Waals surface area (Å²) in [5, 5.41) is 14.5. The van der Waals surface area contributed by atoms with Crippen LogP contribution >= 0.6 is 0 Å². The van der Waals surface area contributed by atoms with Crippen LogP contribution in [0.1, 0.15) is 11.1 Å². The number of nitrogens with zero attached hydrogens (tertiary/aromatic N) is 3. The van der Waals surface area contributed by atoms with Crippen LogP contribution in [0, 0.1) is 17.1 Å². The van der Waals surface area contributed by atoms with E-state index in [1.54, 1.807) is 24.3 Å². The van der Waals surface area contributed by atoms with Crippen LogP contribution in [0.3, 0.4) is 0 Å². The van der Waals surface area contributed by atoms with Crippen LogP contribution in [-0.2, 0) is 21.4 Å². The van der Waals surface area contributed by atoms with E-state index >= 15 is 0 Å². The Bertz CT molecular complexity index is 1490. The van der Waals surface area contributed by atoms with Gasteiger partial charge in [-0.1, -0.05) is 12.1 Å². The molecule has 12 heteroatoms. The van der Waals surface area contributed by atoms with Crippen molar-refractivity contribution in [3.8, 4) is 11.8 Å². The second kappa shape index (κ2) is 11.9. The number of carbonyl (C=O) groups excluding carboxylic acids is 2. The molecular formula is C27H26FN5O5S. The summed E-state index contributed by atoms with van der Waals surface area (Å²) >= 11 is 0. The fourth-order valence-electron chi connectivity index (χ4n) is 4.11. The van der Waals surface area contributed by atoms with Crippen molar-refractivity contribution < 1.29 is 27.1 Å². The zero-order chi connectivity index (χ0) is 28.0. The number of sulfonamides is 1. The van der Waals surface area contributed by atoms with Crippen molar-refractivity contribution in [2.75, 3.05) is 32.1 Å². The molecule has 0 aliphatic carbocycles. The Labute approximate surface area is 225 Å². The quantitative estimate of drug-likeness (QED) is 0.464. The summed E-state index contributed by atoms with van der Waals surface area (Å²) in [5.41, 5.74) is 1.39. The van der Waals surface area contributed by atoms with Crippen molar-refractivity contribution in [3.63, 3.8) is 0 Å². The number of hydrogen-bond acceptors (Lipinski definition) is 6. The van der Waals surface area contributed by atoms with E-state index < -0.39 is 33.8 Å². The molecule has 1 unspecified atom stereocenters. The van der Waals surface area contributed by atoms with E-state index in [1.165, 1.54) is 60.5 Å². The summed E-state index contributed by atoms with van der Waals surface area (Å²) < 4.78 is 46.6. The minimum absolute atomic E-state index is 0.0161. The first kappa shape index (κ1) is 27.6. The van der Waals surface area contributed by atoms with Crippen LogP contribution < -0.4 is 15.4 Å². The van der Waals surface area contributed by atoms with E-state index in [0.717, 1.165) is 9.87 Å². The average Bonchev–Trinajstić information content (AvgIpc) is 2.96. The fourth-order valence-corrected chi connectivity index (χ4v) is 5.68. The number of methoxy groups -OCH3 is 1. The first-order valence-electron chi connectivity index (χ1n) is 12.0. The summed E-state index contributed by atoms with van der Waals surface area (Å²) in [6.45, 7) is -0.232. The van der Waals surface area contributed by atoms with Crippen LogP contribution in [0.15, 0.2) is 77.7 Å². The van der Waals surface area contributed by atoms with Gasteiger partial charge in [-0.25, -0.2) is 17.6 Å². The minimum Gasteiger partial charge on any atom is -0.497 e. The highest BCUT2D eigenvalue weighted by atomic mass is 32.2. The number of piperazine rings is 1. The predicted octanol–water partition coefficient (Wildman–Crippen LogP) is 2.93. The molecule has 0 saturated carbocycles. The highest BCUT2D eigenvalue weighted by Crippen LogP contribution is 2.23. The van der Waals surface area contributed by atoms with Crippen LogP contribution in [0.5, 0.6) is 5.75 Å². The number of ether oxygens (including phenoxy) is 1. The van der Waals surface area contributed by atoms with Gasteiger partial charge in [0, 0.05) is 31.9 Å². The van der Waals surface area contributed by atoms with E-state index in [1.807, 2.05) is 6.07 Å². The smallest absolute Gasteiger partial charge is 0.321 e. The maximum atomic E-state index is 13.6. The molecule has 202 valence electrons. The molecule has 10 nitrogen and oxygen atoms in total. The number of carbonyl (C=O) groups is 2.